The van der Waals surface area contributed by atoms with Gasteiger partial charge in [-0.2, -0.15) is 0 Å². The number of nitrogens with zero attached hydrogens (tertiary/aromatic N) is 2. The second-order valence-corrected chi connectivity index (χ2v) is 7.62. The summed E-state index contributed by atoms with van der Waals surface area (Å²) in [5.74, 6) is 1.72. The highest BCUT2D eigenvalue weighted by atomic mass is 32.2. The minimum atomic E-state index is -0.220. The lowest BCUT2D eigenvalue weighted by Gasteiger charge is -2.10. The van der Waals surface area contributed by atoms with Crippen LogP contribution in [0.2, 0.25) is 0 Å². The van der Waals surface area contributed by atoms with Gasteiger partial charge in [0.15, 0.2) is 17.3 Å². The van der Waals surface area contributed by atoms with E-state index in [-0.39, 0.29) is 11.0 Å². The van der Waals surface area contributed by atoms with Crippen molar-refractivity contribution in [2.45, 2.75) is 29.7 Å². The Bertz CT molecular complexity index is 1000. The van der Waals surface area contributed by atoms with Crippen LogP contribution in [0, 0.1) is 0 Å². The van der Waals surface area contributed by atoms with Crippen LogP contribution in [0.3, 0.4) is 0 Å². The fourth-order valence-corrected chi connectivity index (χ4v) is 4.32. The Labute approximate surface area is 167 Å². The predicted octanol–water partition coefficient (Wildman–Crippen LogP) is 4.43. The first-order valence-electron chi connectivity index (χ1n) is 9.04. The topological polar surface area (TPSA) is 74.5 Å². The van der Waals surface area contributed by atoms with Crippen molar-refractivity contribution in [3.8, 4) is 23.0 Å². The van der Waals surface area contributed by atoms with E-state index in [1.807, 2.05) is 30.3 Å². The van der Waals surface area contributed by atoms with Crippen molar-refractivity contribution in [1.29, 1.82) is 0 Å². The Balaban J connectivity index is 1.55. The van der Waals surface area contributed by atoms with Crippen LogP contribution in [0.5, 0.6) is 11.5 Å². The average molecular weight is 396 g/mol. The van der Waals surface area contributed by atoms with E-state index in [4.69, 9.17) is 13.9 Å². The molecule has 1 aliphatic rings. The highest BCUT2D eigenvalue weighted by Crippen LogP contribution is 2.35. The molecule has 1 heterocycles. The van der Waals surface area contributed by atoms with E-state index in [9.17, 15) is 4.79 Å². The molecule has 1 atom stereocenters. The lowest BCUT2D eigenvalue weighted by Crippen LogP contribution is -2.16. The summed E-state index contributed by atoms with van der Waals surface area (Å²) < 4.78 is 16.4. The van der Waals surface area contributed by atoms with Crippen molar-refractivity contribution in [1.82, 2.24) is 10.2 Å². The van der Waals surface area contributed by atoms with Gasteiger partial charge < -0.3 is 13.9 Å². The van der Waals surface area contributed by atoms with Crippen molar-refractivity contribution in [3.63, 3.8) is 0 Å². The van der Waals surface area contributed by atoms with Gasteiger partial charge >= 0.3 is 0 Å². The maximum atomic E-state index is 12.9. The molecule has 6 nitrogen and oxygen atoms in total. The Morgan fingerprint density at radius 1 is 1.07 bits per heavy atom. The summed E-state index contributed by atoms with van der Waals surface area (Å²) in [4.78, 5) is 12.9. The molecule has 0 N–H and O–H groups in total. The number of benzene rings is 2. The van der Waals surface area contributed by atoms with E-state index < -0.39 is 0 Å². The van der Waals surface area contributed by atoms with Gasteiger partial charge in [0.25, 0.3) is 5.22 Å². The number of hydrogen-bond acceptors (Lipinski definition) is 7. The Morgan fingerprint density at radius 3 is 2.71 bits per heavy atom. The highest BCUT2D eigenvalue weighted by Gasteiger charge is 2.28. The van der Waals surface area contributed by atoms with E-state index in [1.165, 1.54) is 11.8 Å². The molecule has 0 aliphatic heterocycles. The fraction of sp³-hybridized carbons (Fsp3) is 0.286. The molecule has 0 saturated carbocycles. The molecule has 1 aliphatic carbocycles. The van der Waals surface area contributed by atoms with E-state index in [2.05, 4.69) is 10.2 Å². The number of methoxy groups -OCH3 is 2. The second kappa shape index (κ2) is 8.06. The molecule has 1 unspecified atom stereocenters. The summed E-state index contributed by atoms with van der Waals surface area (Å²) in [7, 11) is 3.16. The number of thioether (sulfide) groups is 1. The molecule has 1 aromatic heterocycles. The second-order valence-electron chi connectivity index (χ2n) is 6.46. The van der Waals surface area contributed by atoms with Crippen LogP contribution in [0.25, 0.3) is 11.5 Å². The number of aromatic nitrogens is 2. The molecule has 0 saturated heterocycles. The minimum absolute atomic E-state index is 0.129. The van der Waals surface area contributed by atoms with Gasteiger partial charge in [-0.15, -0.1) is 10.2 Å². The maximum absolute atomic E-state index is 12.9. The number of rotatable bonds is 5. The summed E-state index contributed by atoms with van der Waals surface area (Å²) in [6.07, 6.45) is 2.66. The lowest BCUT2D eigenvalue weighted by atomic mass is 10.0. The number of hydrogen-bond donors (Lipinski definition) is 0. The molecule has 2 aromatic carbocycles. The Kier molecular flexibility index (Phi) is 5.34. The van der Waals surface area contributed by atoms with Gasteiger partial charge in [-0.25, -0.2) is 0 Å². The van der Waals surface area contributed by atoms with Crippen LogP contribution < -0.4 is 9.47 Å². The largest absolute Gasteiger partial charge is 0.493 e. The lowest BCUT2D eigenvalue weighted by molar-refractivity contribution is 0.0988. The SMILES string of the molecule is COc1ccc(-c2nnc(SC3CCCc4ccccc4C3=O)o2)cc1OC. The van der Waals surface area contributed by atoms with Crippen LogP contribution in [0.1, 0.15) is 28.8 Å². The van der Waals surface area contributed by atoms with Gasteiger partial charge in [-0.1, -0.05) is 36.0 Å². The number of Topliss-reactive ketones (excluding diaryl/α,β-unsaturated/α-hetero) is 1. The number of carbonyl (C=O) groups excluding carboxylic acids is 1. The van der Waals surface area contributed by atoms with Gasteiger partial charge in [-0.05, 0) is 43.0 Å². The number of aryl methyl sites for hydroxylation is 1. The van der Waals surface area contributed by atoms with E-state index in [0.717, 1.165) is 36.0 Å². The molecule has 0 amide bonds. The number of carbonyl (C=O) groups is 1. The minimum Gasteiger partial charge on any atom is -0.493 e. The van der Waals surface area contributed by atoms with Crippen LogP contribution in [-0.2, 0) is 6.42 Å². The van der Waals surface area contributed by atoms with E-state index >= 15 is 0 Å². The van der Waals surface area contributed by atoms with Crippen molar-refractivity contribution < 1.29 is 18.7 Å². The van der Waals surface area contributed by atoms with Crippen LogP contribution in [-0.4, -0.2) is 35.5 Å². The Hall–Kier alpha value is -2.80. The maximum Gasteiger partial charge on any atom is 0.277 e. The molecule has 144 valence electrons. The summed E-state index contributed by atoms with van der Waals surface area (Å²) in [6.45, 7) is 0. The van der Waals surface area contributed by atoms with Crippen molar-refractivity contribution in [2.75, 3.05) is 14.2 Å². The van der Waals surface area contributed by atoms with Crippen molar-refractivity contribution in [2.24, 2.45) is 0 Å². The first kappa shape index (κ1) is 18.6. The third kappa shape index (κ3) is 3.62. The molecule has 3 aromatic rings. The van der Waals surface area contributed by atoms with Crippen molar-refractivity contribution >= 4 is 17.5 Å². The van der Waals surface area contributed by atoms with Crippen molar-refractivity contribution in [3.05, 3.63) is 53.6 Å². The molecule has 0 fully saturated rings. The molecular weight excluding hydrogens is 376 g/mol. The third-order valence-electron chi connectivity index (χ3n) is 4.77. The van der Waals surface area contributed by atoms with Gasteiger partial charge in [0.05, 0.1) is 19.5 Å². The highest BCUT2D eigenvalue weighted by molar-refractivity contribution is 8.00. The molecule has 0 bridgehead atoms. The van der Waals surface area contributed by atoms with Gasteiger partial charge in [0.2, 0.25) is 5.89 Å². The zero-order chi connectivity index (χ0) is 19.5. The first-order chi connectivity index (χ1) is 13.7. The van der Waals surface area contributed by atoms with Gasteiger partial charge in [0, 0.05) is 11.1 Å². The molecule has 4 rings (SSSR count). The third-order valence-corrected chi connectivity index (χ3v) is 5.87. The summed E-state index contributed by atoms with van der Waals surface area (Å²) in [5, 5.41) is 8.43. The van der Waals surface area contributed by atoms with Crippen LogP contribution >= 0.6 is 11.8 Å². The quantitative estimate of drug-likeness (QED) is 0.591. The predicted molar refractivity (Wildman–Crippen MR) is 106 cm³/mol. The molecule has 0 radical (unpaired) electrons. The molecule has 7 heteroatoms. The number of ether oxygens (including phenoxy) is 2. The zero-order valence-electron chi connectivity index (χ0n) is 15.7. The smallest absolute Gasteiger partial charge is 0.277 e. The molecular formula is C21H20N2O4S. The van der Waals surface area contributed by atoms with E-state index in [0.29, 0.717) is 22.6 Å². The average Bonchev–Trinajstić information content (AvgIpc) is 3.14. The van der Waals surface area contributed by atoms with Crippen LogP contribution in [0.15, 0.2) is 52.1 Å². The number of ketones is 1. The monoisotopic (exact) mass is 396 g/mol. The normalized spacial score (nSPS) is 16.4. The van der Waals surface area contributed by atoms with Gasteiger partial charge in [0.1, 0.15) is 0 Å². The first-order valence-corrected chi connectivity index (χ1v) is 9.92. The Morgan fingerprint density at radius 2 is 1.89 bits per heavy atom. The summed E-state index contributed by atoms with van der Waals surface area (Å²) in [5.41, 5.74) is 2.65. The molecule has 28 heavy (non-hydrogen) atoms. The van der Waals surface area contributed by atoms with E-state index in [1.54, 1.807) is 26.4 Å². The summed E-state index contributed by atoms with van der Waals surface area (Å²) in [6, 6.07) is 13.2. The standard InChI is InChI=1S/C21H20N2O4S/c1-25-16-11-10-14(12-17(16)26-2)20-22-23-21(27-20)28-18-9-5-7-13-6-3-4-8-15(13)19(18)24/h3-4,6,8,10-12,18H,5,7,9H2,1-2H3. The van der Waals surface area contributed by atoms with Crippen LogP contribution in [0.4, 0.5) is 0 Å². The fourth-order valence-electron chi connectivity index (χ4n) is 3.34. The van der Waals surface area contributed by atoms with Gasteiger partial charge in [-0.3, -0.25) is 4.79 Å². The number of fused-ring (bicyclic) bond motifs is 1. The zero-order valence-corrected chi connectivity index (χ0v) is 16.5. The summed E-state index contributed by atoms with van der Waals surface area (Å²) >= 11 is 1.34. The molecule has 0 spiro atoms.